The molecule has 0 radical (unpaired) electrons. The van der Waals surface area contributed by atoms with Crippen molar-refractivity contribution < 1.29 is 14.3 Å². The molecule has 1 aromatic rings. The van der Waals surface area contributed by atoms with Crippen molar-refractivity contribution in [3.63, 3.8) is 0 Å². The first-order chi connectivity index (χ1) is 9.74. The number of rotatable bonds is 3. The summed E-state index contributed by atoms with van der Waals surface area (Å²) in [4.78, 5) is 18.6. The number of fused-ring (bicyclic) bond motifs is 3. The standard InChI is InChI=1S/C14H19N3O3/c1-19-13-4-2-3-11(15-13)6-17-5-10-8-20-9-12(7-17)16-14(10)18/h2-4,10,12H,5-9H2,1H3,(H,16,18)/t10-,12+/m1/s1. The molecule has 0 saturated carbocycles. The molecule has 1 amide bonds. The fourth-order valence-electron chi connectivity index (χ4n) is 2.74. The van der Waals surface area contributed by atoms with Gasteiger partial charge >= 0.3 is 0 Å². The predicted octanol–water partition coefficient (Wildman–Crippen LogP) is 0.0370. The highest BCUT2D eigenvalue weighted by Gasteiger charge is 2.33. The van der Waals surface area contributed by atoms with Crippen LogP contribution in [0.4, 0.5) is 0 Å². The van der Waals surface area contributed by atoms with Gasteiger partial charge in [-0.3, -0.25) is 9.69 Å². The van der Waals surface area contributed by atoms with Gasteiger partial charge in [-0.15, -0.1) is 0 Å². The van der Waals surface area contributed by atoms with Crippen LogP contribution >= 0.6 is 0 Å². The molecule has 2 bridgehead atoms. The predicted molar refractivity (Wildman–Crippen MR) is 72.3 cm³/mol. The van der Waals surface area contributed by atoms with Crippen molar-refractivity contribution in [2.75, 3.05) is 33.4 Å². The highest BCUT2D eigenvalue weighted by molar-refractivity contribution is 5.79. The van der Waals surface area contributed by atoms with Gasteiger partial charge in [-0.1, -0.05) is 6.07 Å². The van der Waals surface area contributed by atoms with Crippen LogP contribution in [0.3, 0.4) is 0 Å². The number of nitrogens with one attached hydrogen (secondary N) is 1. The van der Waals surface area contributed by atoms with Crippen LogP contribution in [-0.4, -0.2) is 55.2 Å². The Kier molecular flexibility index (Phi) is 3.84. The van der Waals surface area contributed by atoms with E-state index in [0.29, 0.717) is 25.6 Å². The molecule has 2 saturated heterocycles. The van der Waals surface area contributed by atoms with Gasteiger partial charge in [0.15, 0.2) is 0 Å². The van der Waals surface area contributed by atoms with E-state index in [4.69, 9.17) is 9.47 Å². The third-order valence-corrected chi connectivity index (χ3v) is 3.69. The summed E-state index contributed by atoms with van der Waals surface area (Å²) >= 11 is 0. The smallest absolute Gasteiger partial charge is 0.227 e. The summed E-state index contributed by atoms with van der Waals surface area (Å²) in [7, 11) is 1.61. The van der Waals surface area contributed by atoms with E-state index >= 15 is 0 Å². The minimum Gasteiger partial charge on any atom is -0.481 e. The van der Waals surface area contributed by atoms with Gasteiger partial charge in [0.2, 0.25) is 11.8 Å². The van der Waals surface area contributed by atoms with E-state index in [9.17, 15) is 4.79 Å². The minimum atomic E-state index is -0.0897. The molecule has 0 spiro atoms. The monoisotopic (exact) mass is 277 g/mol. The number of pyridine rings is 1. The second-order valence-corrected chi connectivity index (χ2v) is 5.31. The summed E-state index contributed by atoms with van der Waals surface area (Å²) in [5, 5.41) is 3.03. The summed E-state index contributed by atoms with van der Waals surface area (Å²) in [5.41, 5.74) is 0.956. The van der Waals surface area contributed by atoms with E-state index in [0.717, 1.165) is 18.8 Å². The van der Waals surface area contributed by atoms with Gasteiger partial charge in [0.1, 0.15) is 0 Å². The molecule has 2 fully saturated rings. The highest BCUT2D eigenvalue weighted by atomic mass is 16.5. The van der Waals surface area contributed by atoms with E-state index in [1.54, 1.807) is 7.11 Å². The lowest BCUT2D eigenvalue weighted by atomic mass is 10.1. The molecule has 2 aliphatic heterocycles. The molecule has 3 rings (SSSR count). The second kappa shape index (κ2) is 5.76. The average Bonchev–Trinajstić information content (AvgIpc) is 2.68. The molecule has 2 atom stereocenters. The number of carbonyl (C=O) groups is 1. The summed E-state index contributed by atoms with van der Waals surface area (Å²) in [6.45, 7) is 3.32. The van der Waals surface area contributed by atoms with Gasteiger partial charge in [0.25, 0.3) is 0 Å². The van der Waals surface area contributed by atoms with Crippen molar-refractivity contribution in [1.29, 1.82) is 0 Å². The Balaban J connectivity index is 1.72. The van der Waals surface area contributed by atoms with Crippen LogP contribution in [0.2, 0.25) is 0 Å². The average molecular weight is 277 g/mol. The molecule has 20 heavy (non-hydrogen) atoms. The lowest BCUT2D eigenvalue weighted by Gasteiger charge is -2.27. The number of aromatic nitrogens is 1. The van der Waals surface area contributed by atoms with E-state index in [1.165, 1.54) is 0 Å². The molecule has 1 aromatic heterocycles. The lowest BCUT2D eigenvalue weighted by Crippen LogP contribution is -2.41. The van der Waals surface area contributed by atoms with Gasteiger partial charge in [0, 0.05) is 25.7 Å². The van der Waals surface area contributed by atoms with Gasteiger partial charge < -0.3 is 14.8 Å². The molecule has 6 heteroatoms. The van der Waals surface area contributed by atoms with Crippen molar-refractivity contribution >= 4 is 5.91 Å². The number of nitrogens with zero attached hydrogens (tertiary/aromatic N) is 2. The zero-order valence-electron chi connectivity index (χ0n) is 11.5. The highest BCUT2D eigenvalue weighted by Crippen LogP contribution is 2.16. The Bertz CT molecular complexity index is 494. The topological polar surface area (TPSA) is 63.7 Å². The zero-order chi connectivity index (χ0) is 13.9. The van der Waals surface area contributed by atoms with Gasteiger partial charge in [0.05, 0.1) is 38.0 Å². The second-order valence-electron chi connectivity index (χ2n) is 5.31. The third kappa shape index (κ3) is 2.91. The molecule has 108 valence electrons. The normalized spacial score (nSPS) is 26.8. The molecule has 6 nitrogen and oxygen atoms in total. The molecular formula is C14H19N3O3. The zero-order valence-corrected chi connectivity index (χ0v) is 11.5. The van der Waals surface area contributed by atoms with Crippen LogP contribution < -0.4 is 10.1 Å². The van der Waals surface area contributed by atoms with Crippen LogP contribution in [0, 0.1) is 5.92 Å². The lowest BCUT2D eigenvalue weighted by molar-refractivity contribution is -0.125. The van der Waals surface area contributed by atoms with Crippen molar-refractivity contribution in [2.24, 2.45) is 5.92 Å². The van der Waals surface area contributed by atoms with Gasteiger partial charge in [-0.05, 0) is 6.07 Å². The van der Waals surface area contributed by atoms with Crippen molar-refractivity contribution in [1.82, 2.24) is 15.2 Å². The van der Waals surface area contributed by atoms with Gasteiger partial charge in [-0.25, -0.2) is 4.98 Å². The summed E-state index contributed by atoms with van der Waals surface area (Å²) in [6.07, 6.45) is 0. The molecule has 1 N–H and O–H groups in total. The number of amides is 1. The van der Waals surface area contributed by atoms with E-state index in [2.05, 4.69) is 15.2 Å². The molecule has 0 aromatic carbocycles. The number of hydrogen-bond acceptors (Lipinski definition) is 5. The third-order valence-electron chi connectivity index (χ3n) is 3.69. The molecular weight excluding hydrogens is 258 g/mol. The first-order valence-corrected chi connectivity index (χ1v) is 6.85. The van der Waals surface area contributed by atoms with Crippen LogP contribution in [-0.2, 0) is 16.1 Å². The van der Waals surface area contributed by atoms with Crippen LogP contribution in [0.5, 0.6) is 5.88 Å². The first kappa shape index (κ1) is 13.3. The Morgan fingerprint density at radius 1 is 1.45 bits per heavy atom. The summed E-state index contributed by atoms with van der Waals surface area (Å²) in [5.74, 6) is 0.636. The molecule has 0 aliphatic carbocycles. The summed E-state index contributed by atoms with van der Waals surface area (Å²) in [6, 6.07) is 5.82. The molecule has 3 heterocycles. The Morgan fingerprint density at radius 2 is 2.35 bits per heavy atom. The van der Waals surface area contributed by atoms with Crippen LogP contribution in [0.25, 0.3) is 0 Å². The Morgan fingerprint density at radius 3 is 3.20 bits per heavy atom. The van der Waals surface area contributed by atoms with Crippen LogP contribution in [0.1, 0.15) is 5.69 Å². The largest absolute Gasteiger partial charge is 0.481 e. The van der Waals surface area contributed by atoms with Crippen LogP contribution in [0.15, 0.2) is 18.2 Å². The Hall–Kier alpha value is -1.66. The molecule has 0 unspecified atom stereocenters. The molecule has 2 aliphatic rings. The van der Waals surface area contributed by atoms with E-state index < -0.39 is 0 Å². The van der Waals surface area contributed by atoms with Crippen molar-refractivity contribution in [3.05, 3.63) is 23.9 Å². The number of ether oxygens (including phenoxy) is 2. The fourth-order valence-corrected chi connectivity index (χ4v) is 2.74. The Labute approximate surface area is 118 Å². The SMILES string of the molecule is COc1cccc(CN2C[C@H]3COC[C@@H](C2)C(=O)N3)n1. The number of methoxy groups -OCH3 is 1. The number of carbonyl (C=O) groups excluding carboxylic acids is 1. The maximum atomic E-state index is 11.9. The summed E-state index contributed by atoms with van der Waals surface area (Å²) < 4.78 is 10.7. The van der Waals surface area contributed by atoms with Crippen molar-refractivity contribution in [2.45, 2.75) is 12.6 Å². The minimum absolute atomic E-state index is 0.0700. The quantitative estimate of drug-likeness (QED) is 0.845. The van der Waals surface area contributed by atoms with E-state index in [-0.39, 0.29) is 17.9 Å². The van der Waals surface area contributed by atoms with Gasteiger partial charge in [-0.2, -0.15) is 0 Å². The van der Waals surface area contributed by atoms with Crippen molar-refractivity contribution in [3.8, 4) is 5.88 Å². The van der Waals surface area contributed by atoms with E-state index in [1.807, 2.05) is 18.2 Å². The maximum absolute atomic E-state index is 11.9. The maximum Gasteiger partial charge on any atom is 0.227 e. The number of hydrogen-bond donors (Lipinski definition) is 1. The first-order valence-electron chi connectivity index (χ1n) is 6.85. The fraction of sp³-hybridized carbons (Fsp3) is 0.571.